The topological polar surface area (TPSA) is 142 Å². The molecule has 3 aromatic heterocycles. The van der Waals surface area contributed by atoms with Gasteiger partial charge in [0, 0.05) is 11.8 Å². The smallest absolute Gasteiger partial charge is 0.368 e. The van der Waals surface area contributed by atoms with E-state index in [-0.39, 0.29) is 27.7 Å². The summed E-state index contributed by atoms with van der Waals surface area (Å²) in [6.45, 7) is 0.959. The van der Waals surface area contributed by atoms with Crippen LogP contribution in [0.1, 0.15) is 18.1 Å². The molecule has 3 N–H and O–H groups in total. The number of hydrogen-bond acceptors (Lipinski definition) is 9. The quantitative estimate of drug-likeness (QED) is 0.295. The number of aromatic nitrogens is 6. The van der Waals surface area contributed by atoms with Crippen LogP contribution in [0.15, 0.2) is 72.1 Å². The van der Waals surface area contributed by atoms with E-state index in [2.05, 4.69) is 30.4 Å². The lowest BCUT2D eigenvalue weighted by molar-refractivity contribution is -0.138. The highest BCUT2D eigenvalue weighted by molar-refractivity contribution is 7.90. The van der Waals surface area contributed by atoms with E-state index in [1.807, 2.05) is 24.3 Å². The van der Waals surface area contributed by atoms with Crippen molar-refractivity contribution in [2.75, 3.05) is 17.3 Å². The molecule has 5 rings (SSSR count). The number of nitrogen functional groups attached to an aromatic ring is 1. The molecular weight excluding hydrogens is 545 g/mol. The summed E-state index contributed by atoms with van der Waals surface area (Å²) in [4.78, 5) is 16.9. The van der Waals surface area contributed by atoms with Gasteiger partial charge in [-0.3, -0.25) is 0 Å². The molecule has 40 heavy (non-hydrogen) atoms. The largest absolute Gasteiger partial charge is 0.408 e. The summed E-state index contributed by atoms with van der Waals surface area (Å²) in [7, 11) is -3.52. The average molecular weight is 569 g/mol. The molecule has 0 radical (unpaired) electrons. The van der Waals surface area contributed by atoms with E-state index < -0.39 is 22.1 Å². The van der Waals surface area contributed by atoms with Crippen molar-refractivity contribution >= 4 is 32.6 Å². The van der Waals surface area contributed by atoms with Crippen LogP contribution in [-0.2, 0) is 16.3 Å². The number of sulfone groups is 1. The van der Waals surface area contributed by atoms with Gasteiger partial charge in [0.1, 0.15) is 29.7 Å². The van der Waals surface area contributed by atoms with Crippen molar-refractivity contribution in [3.63, 3.8) is 0 Å². The molecule has 14 heteroatoms. The van der Waals surface area contributed by atoms with Crippen LogP contribution in [0.25, 0.3) is 28.0 Å². The van der Waals surface area contributed by atoms with Gasteiger partial charge in [0.2, 0.25) is 5.95 Å². The van der Waals surface area contributed by atoms with Gasteiger partial charge in [-0.15, -0.1) is 0 Å². The van der Waals surface area contributed by atoms with Gasteiger partial charge in [0.05, 0.1) is 16.3 Å². The number of benzene rings is 2. The molecule has 0 unspecified atom stereocenters. The van der Waals surface area contributed by atoms with Crippen molar-refractivity contribution in [1.29, 1.82) is 0 Å². The highest BCUT2D eigenvalue weighted by Crippen LogP contribution is 2.32. The lowest BCUT2D eigenvalue weighted by atomic mass is 10.0. The van der Waals surface area contributed by atoms with Crippen LogP contribution in [0, 0.1) is 0 Å². The number of fused-ring (bicyclic) bond motifs is 1. The van der Waals surface area contributed by atoms with Gasteiger partial charge >= 0.3 is 6.18 Å². The minimum absolute atomic E-state index is 0.0711. The summed E-state index contributed by atoms with van der Waals surface area (Å²) in [6, 6.07) is 13.4. The van der Waals surface area contributed by atoms with E-state index in [1.165, 1.54) is 18.5 Å². The fourth-order valence-electron chi connectivity index (χ4n) is 4.07. The molecular formula is C26H23F3N8O2S. The Morgan fingerprint density at radius 3 is 2.42 bits per heavy atom. The van der Waals surface area contributed by atoms with Gasteiger partial charge in [0.25, 0.3) is 0 Å². The number of nitrogens with one attached hydrogen (secondary N) is 1. The summed E-state index contributed by atoms with van der Waals surface area (Å²) >= 11 is 0. The highest BCUT2D eigenvalue weighted by atomic mass is 32.2. The maximum Gasteiger partial charge on any atom is 0.408 e. The fraction of sp³-hybridized carbons (Fsp3) is 0.192. The van der Waals surface area contributed by atoms with Crippen LogP contribution in [0.2, 0.25) is 0 Å². The Kier molecular flexibility index (Phi) is 6.87. The van der Waals surface area contributed by atoms with Crippen LogP contribution in [0.5, 0.6) is 0 Å². The molecule has 2 aromatic carbocycles. The van der Waals surface area contributed by atoms with Crippen molar-refractivity contribution < 1.29 is 21.6 Å². The second-order valence-corrected chi connectivity index (χ2v) is 11.2. The number of hydrogen-bond donors (Lipinski definition) is 2. The first-order valence-electron chi connectivity index (χ1n) is 11.9. The zero-order chi connectivity index (χ0) is 28.7. The van der Waals surface area contributed by atoms with Crippen molar-refractivity contribution in [2.24, 2.45) is 0 Å². The maximum atomic E-state index is 13.4. The Morgan fingerprint density at radius 2 is 1.77 bits per heavy atom. The number of pyridine rings is 1. The summed E-state index contributed by atoms with van der Waals surface area (Å²) < 4.78 is 66.2. The SMILES string of the molecule is C[C@H](Nc1nc(N)nc2c(Cc3ccc(-n4cncn4)cc3)cc(-c3cccc(S(C)(=O)=O)c3)nc12)C(F)(F)F. The van der Waals surface area contributed by atoms with E-state index in [0.717, 1.165) is 24.4 Å². The number of nitrogens with two attached hydrogens (primary N) is 1. The van der Waals surface area contributed by atoms with Gasteiger partial charge in [0.15, 0.2) is 15.7 Å². The molecule has 0 amide bonds. The molecule has 1 atom stereocenters. The van der Waals surface area contributed by atoms with E-state index in [9.17, 15) is 21.6 Å². The Labute approximate surface area is 227 Å². The monoisotopic (exact) mass is 568 g/mol. The minimum Gasteiger partial charge on any atom is -0.368 e. The zero-order valence-electron chi connectivity index (χ0n) is 21.3. The zero-order valence-corrected chi connectivity index (χ0v) is 22.1. The third kappa shape index (κ3) is 5.71. The first-order valence-corrected chi connectivity index (χ1v) is 13.8. The van der Waals surface area contributed by atoms with Gasteiger partial charge in [-0.2, -0.15) is 23.3 Å². The predicted molar refractivity (Wildman–Crippen MR) is 144 cm³/mol. The molecule has 0 spiro atoms. The van der Waals surface area contributed by atoms with Gasteiger partial charge in [-0.1, -0.05) is 24.3 Å². The first-order chi connectivity index (χ1) is 18.9. The normalized spacial score (nSPS) is 12.9. The summed E-state index contributed by atoms with van der Waals surface area (Å²) in [5.74, 6) is -0.406. The Balaban J connectivity index is 1.66. The second-order valence-electron chi connectivity index (χ2n) is 9.19. The number of anilines is 2. The molecule has 5 aromatic rings. The standard InChI is InChI=1S/C26H23F3N8O2S/c1-15(26(27,28)29)33-24-23-22(35-25(30)36-24)18(10-16-6-8-19(9-7-16)37-14-31-13-32-37)12-21(34-23)17-4-3-5-20(11-17)40(2,38)39/h3-9,11-15H,10H2,1-2H3,(H3,30,33,35,36)/t15-/m0/s1. The average Bonchev–Trinajstić information content (AvgIpc) is 3.43. The second kappa shape index (κ2) is 10.2. The summed E-state index contributed by atoms with van der Waals surface area (Å²) in [5.41, 5.74) is 9.31. The molecule has 0 saturated heterocycles. The van der Waals surface area contributed by atoms with Crippen LogP contribution in [0.3, 0.4) is 0 Å². The van der Waals surface area contributed by atoms with Crippen molar-refractivity contribution in [1.82, 2.24) is 29.7 Å². The molecule has 0 aliphatic rings. The van der Waals surface area contributed by atoms with E-state index in [0.29, 0.717) is 23.2 Å². The van der Waals surface area contributed by atoms with Crippen molar-refractivity contribution in [2.45, 2.75) is 30.5 Å². The van der Waals surface area contributed by atoms with Gasteiger partial charge in [-0.25, -0.2) is 28.1 Å². The molecule has 0 fully saturated rings. The third-order valence-electron chi connectivity index (χ3n) is 6.17. The van der Waals surface area contributed by atoms with Crippen LogP contribution in [-0.4, -0.2) is 56.6 Å². The minimum atomic E-state index is -4.55. The van der Waals surface area contributed by atoms with Crippen LogP contribution >= 0.6 is 0 Å². The highest BCUT2D eigenvalue weighted by Gasteiger charge is 2.36. The van der Waals surface area contributed by atoms with Gasteiger partial charge < -0.3 is 11.1 Å². The molecule has 10 nitrogen and oxygen atoms in total. The van der Waals surface area contributed by atoms with Gasteiger partial charge in [-0.05, 0) is 54.8 Å². The molecule has 206 valence electrons. The predicted octanol–water partition coefficient (Wildman–Crippen LogP) is 4.21. The Hall–Kier alpha value is -4.59. The molecule has 0 saturated carbocycles. The van der Waals surface area contributed by atoms with Crippen LogP contribution in [0.4, 0.5) is 24.9 Å². The molecule has 0 aliphatic heterocycles. The summed E-state index contributed by atoms with van der Waals surface area (Å²) in [6.07, 6.45) is -0.154. The molecule has 3 heterocycles. The lowest BCUT2D eigenvalue weighted by Gasteiger charge is -2.19. The molecule has 0 bridgehead atoms. The number of rotatable bonds is 7. The third-order valence-corrected chi connectivity index (χ3v) is 7.28. The number of halogens is 3. The number of nitrogens with zero attached hydrogens (tertiary/aromatic N) is 6. The fourth-order valence-corrected chi connectivity index (χ4v) is 4.74. The Morgan fingerprint density at radius 1 is 1.02 bits per heavy atom. The first kappa shape index (κ1) is 27.0. The Bertz CT molecular complexity index is 1790. The maximum absolute atomic E-state index is 13.4. The van der Waals surface area contributed by atoms with Crippen LogP contribution < -0.4 is 11.1 Å². The molecule has 0 aliphatic carbocycles. The summed E-state index contributed by atoms with van der Waals surface area (Å²) in [5, 5.41) is 6.47. The van der Waals surface area contributed by atoms with Crippen molar-refractivity contribution in [3.8, 4) is 16.9 Å². The van der Waals surface area contributed by atoms with E-state index in [4.69, 9.17) is 5.73 Å². The van der Waals surface area contributed by atoms with Crippen molar-refractivity contribution in [3.05, 3.63) is 78.4 Å². The lowest BCUT2D eigenvalue weighted by Crippen LogP contribution is -2.33. The van der Waals surface area contributed by atoms with E-state index >= 15 is 0 Å². The van der Waals surface area contributed by atoms with E-state index in [1.54, 1.807) is 29.2 Å². The number of alkyl halides is 3.